The number of urea groups is 1. The van der Waals surface area contributed by atoms with Gasteiger partial charge in [-0.2, -0.15) is 0 Å². The van der Waals surface area contributed by atoms with Crippen LogP contribution in [0.1, 0.15) is 29.8 Å². The Bertz CT molecular complexity index is 1210. The minimum absolute atomic E-state index is 0.0164. The standard InChI is InChI=1S/C25H29N7O2/c1-31-17-28-30-21(31)13-25(15-34-16-25)18-4-2-5-19(12-18)29-23(33)32-14-24(7-10-26-11-8-24)20-6-3-9-27-22(20)32/h2-6,9,12,17,26H,7-8,10-11,13-16H2,1H3,(H,29,33). The van der Waals surface area contributed by atoms with Crippen molar-refractivity contribution in [2.24, 2.45) is 7.05 Å². The highest BCUT2D eigenvalue weighted by Gasteiger charge is 2.46. The molecule has 5 heterocycles. The molecule has 2 aromatic heterocycles. The molecule has 1 aromatic carbocycles. The molecule has 0 radical (unpaired) electrons. The van der Waals surface area contributed by atoms with E-state index in [9.17, 15) is 4.79 Å². The first kappa shape index (κ1) is 21.2. The summed E-state index contributed by atoms with van der Waals surface area (Å²) in [6.07, 6.45) is 6.24. The zero-order valence-electron chi connectivity index (χ0n) is 19.3. The summed E-state index contributed by atoms with van der Waals surface area (Å²) in [6.45, 7) is 3.83. The molecule has 9 heteroatoms. The molecule has 0 saturated carbocycles. The third-order valence-corrected chi connectivity index (χ3v) is 7.66. The van der Waals surface area contributed by atoms with E-state index in [4.69, 9.17) is 4.74 Å². The summed E-state index contributed by atoms with van der Waals surface area (Å²) in [5.74, 6) is 1.70. The number of nitrogens with zero attached hydrogens (tertiary/aromatic N) is 5. The van der Waals surface area contributed by atoms with Crippen molar-refractivity contribution in [3.05, 3.63) is 65.9 Å². The Morgan fingerprint density at radius 1 is 1.21 bits per heavy atom. The Morgan fingerprint density at radius 3 is 2.79 bits per heavy atom. The molecule has 2 saturated heterocycles. The number of rotatable bonds is 4. The largest absolute Gasteiger partial charge is 0.379 e. The second-order valence-electron chi connectivity index (χ2n) is 9.81. The van der Waals surface area contributed by atoms with Crippen LogP contribution in [0.4, 0.5) is 16.3 Å². The summed E-state index contributed by atoms with van der Waals surface area (Å²) in [5, 5.41) is 14.9. The quantitative estimate of drug-likeness (QED) is 0.622. The van der Waals surface area contributed by atoms with Crippen LogP contribution in [-0.2, 0) is 29.0 Å². The van der Waals surface area contributed by atoms with E-state index in [1.807, 2.05) is 34.7 Å². The molecule has 1 spiro atoms. The van der Waals surface area contributed by atoms with E-state index in [2.05, 4.69) is 44.0 Å². The fourth-order valence-corrected chi connectivity index (χ4v) is 5.60. The van der Waals surface area contributed by atoms with Crippen molar-refractivity contribution in [3.8, 4) is 0 Å². The summed E-state index contributed by atoms with van der Waals surface area (Å²) in [7, 11) is 1.95. The van der Waals surface area contributed by atoms with E-state index in [0.717, 1.165) is 55.2 Å². The topological polar surface area (TPSA) is 97.2 Å². The number of ether oxygens (including phenoxy) is 1. The number of benzene rings is 1. The third-order valence-electron chi connectivity index (χ3n) is 7.66. The van der Waals surface area contributed by atoms with Gasteiger partial charge in [-0.1, -0.05) is 18.2 Å². The number of anilines is 2. The summed E-state index contributed by atoms with van der Waals surface area (Å²) in [5.41, 5.74) is 2.92. The van der Waals surface area contributed by atoms with Crippen LogP contribution in [0.2, 0.25) is 0 Å². The summed E-state index contributed by atoms with van der Waals surface area (Å²) >= 11 is 0. The van der Waals surface area contributed by atoms with Gasteiger partial charge in [0.15, 0.2) is 0 Å². The van der Waals surface area contributed by atoms with Crippen molar-refractivity contribution >= 4 is 17.5 Å². The predicted octanol–water partition coefficient (Wildman–Crippen LogP) is 2.39. The Hall–Kier alpha value is -3.30. The van der Waals surface area contributed by atoms with E-state index in [-0.39, 0.29) is 16.9 Å². The smallest absolute Gasteiger partial charge is 0.327 e. The molecule has 0 atom stereocenters. The summed E-state index contributed by atoms with van der Waals surface area (Å²) in [4.78, 5) is 19.9. The van der Waals surface area contributed by atoms with E-state index < -0.39 is 0 Å². The normalized spacial score (nSPS) is 20.1. The Morgan fingerprint density at radius 2 is 2.06 bits per heavy atom. The molecule has 2 amide bonds. The number of aromatic nitrogens is 4. The second kappa shape index (κ2) is 8.18. The van der Waals surface area contributed by atoms with Crippen molar-refractivity contribution in [1.82, 2.24) is 25.1 Å². The van der Waals surface area contributed by atoms with Crippen molar-refractivity contribution in [2.75, 3.05) is 43.1 Å². The van der Waals surface area contributed by atoms with E-state index in [1.165, 1.54) is 5.56 Å². The number of hydrogen-bond donors (Lipinski definition) is 2. The van der Waals surface area contributed by atoms with Gasteiger partial charge in [0.1, 0.15) is 18.0 Å². The Labute approximate surface area is 198 Å². The SMILES string of the molecule is Cn1cnnc1CC1(c2cccc(NC(=O)N3CC4(CCNCC4)c4cccnc43)c2)COC1. The highest BCUT2D eigenvalue weighted by molar-refractivity contribution is 6.03. The molecule has 0 unspecified atom stereocenters. The van der Waals surface area contributed by atoms with Gasteiger partial charge in [-0.3, -0.25) is 4.90 Å². The lowest BCUT2D eigenvalue weighted by Gasteiger charge is -2.41. The number of aryl methyl sites for hydroxylation is 1. The Balaban J connectivity index is 1.24. The molecular weight excluding hydrogens is 430 g/mol. The van der Waals surface area contributed by atoms with E-state index in [0.29, 0.717) is 19.8 Å². The van der Waals surface area contributed by atoms with Crippen LogP contribution >= 0.6 is 0 Å². The first-order chi connectivity index (χ1) is 16.6. The van der Waals surface area contributed by atoms with Crippen LogP contribution < -0.4 is 15.5 Å². The third kappa shape index (κ3) is 3.47. The maximum Gasteiger partial charge on any atom is 0.327 e. The van der Waals surface area contributed by atoms with Crippen LogP contribution in [0.15, 0.2) is 48.9 Å². The van der Waals surface area contributed by atoms with Crippen LogP contribution in [-0.4, -0.2) is 58.6 Å². The second-order valence-corrected chi connectivity index (χ2v) is 9.81. The lowest BCUT2D eigenvalue weighted by atomic mass is 9.75. The van der Waals surface area contributed by atoms with Crippen molar-refractivity contribution in [3.63, 3.8) is 0 Å². The molecule has 0 bridgehead atoms. The minimum atomic E-state index is -0.164. The van der Waals surface area contributed by atoms with Crippen LogP contribution in [0, 0.1) is 0 Å². The molecule has 3 aliphatic rings. The molecule has 0 aliphatic carbocycles. The number of piperidine rings is 1. The fraction of sp³-hybridized carbons (Fsp3) is 0.440. The number of carbonyl (C=O) groups is 1. The molecule has 2 N–H and O–H groups in total. The predicted molar refractivity (Wildman–Crippen MR) is 128 cm³/mol. The molecular formula is C25H29N7O2. The first-order valence-electron chi connectivity index (χ1n) is 11.8. The maximum atomic E-state index is 13.5. The highest BCUT2D eigenvalue weighted by atomic mass is 16.5. The van der Waals surface area contributed by atoms with Gasteiger partial charge in [0.05, 0.1) is 13.2 Å². The van der Waals surface area contributed by atoms with Gasteiger partial charge in [0.2, 0.25) is 0 Å². The highest BCUT2D eigenvalue weighted by Crippen LogP contribution is 2.45. The van der Waals surface area contributed by atoms with Gasteiger partial charge in [-0.15, -0.1) is 10.2 Å². The zero-order chi connectivity index (χ0) is 23.2. The minimum Gasteiger partial charge on any atom is -0.379 e. The molecule has 3 aromatic rings. The first-order valence-corrected chi connectivity index (χ1v) is 11.8. The van der Waals surface area contributed by atoms with E-state index >= 15 is 0 Å². The average molecular weight is 460 g/mol. The summed E-state index contributed by atoms with van der Waals surface area (Å²) in [6, 6.07) is 12.1. The van der Waals surface area contributed by atoms with E-state index in [1.54, 1.807) is 12.5 Å². The van der Waals surface area contributed by atoms with Crippen LogP contribution in [0.5, 0.6) is 0 Å². The van der Waals surface area contributed by atoms with Crippen LogP contribution in [0.25, 0.3) is 0 Å². The molecule has 176 valence electrons. The van der Waals surface area contributed by atoms with Crippen molar-refractivity contribution < 1.29 is 9.53 Å². The average Bonchev–Trinajstić information content (AvgIpc) is 3.38. The van der Waals surface area contributed by atoms with Gasteiger partial charge in [-0.05, 0) is 49.7 Å². The number of amides is 2. The maximum absolute atomic E-state index is 13.5. The fourth-order valence-electron chi connectivity index (χ4n) is 5.60. The van der Waals surface area contributed by atoms with Crippen LogP contribution in [0.3, 0.4) is 0 Å². The number of pyridine rings is 1. The number of carbonyl (C=O) groups excluding carboxylic acids is 1. The van der Waals surface area contributed by atoms with Crippen molar-refractivity contribution in [1.29, 1.82) is 0 Å². The van der Waals surface area contributed by atoms with Gasteiger partial charge < -0.3 is 19.9 Å². The number of nitrogens with one attached hydrogen (secondary N) is 2. The molecule has 34 heavy (non-hydrogen) atoms. The number of fused-ring (bicyclic) bond motifs is 2. The van der Waals surface area contributed by atoms with Gasteiger partial charge in [0, 0.05) is 48.3 Å². The molecule has 3 aliphatic heterocycles. The monoisotopic (exact) mass is 459 g/mol. The molecule has 9 nitrogen and oxygen atoms in total. The number of hydrogen-bond acceptors (Lipinski definition) is 6. The van der Waals surface area contributed by atoms with Gasteiger partial charge >= 0.3 is 6.03 Å². The molecule has 2 fully saturated rings. The molecule has 6 rings (SSSR count). The lowest BCUT2D eigenvalue weighted by molar-refractivity contribution is -0.0610. The lowest BCUT2D eigenvalue weighted by Crippen LogP contribution is -2.49. The van der Waals surface area contributed by atoms with Gasteiger partial charge in [-0.25, -0.2) is 9.78 Å². The summed E-state index contributed by atoms with van der Waals surface area (Å²) < 4.78 is 7.56. The Kier molecular flexibility index (Phi) is 5.11. The van der Waals surface area contributed by atoms with Crippen molar-refractivity contribution in [2.45, 2.75) is 30.1 Å². The zero-order valence-corrected chi connectivity index (χ0v) is 19.3. The van der Waals surface area contributed by atoms with Gasteiger partial charge in [0.25, 0.3) is 0 Å².